The summed E-state index contributed by atoms with van der Waals surface area (Å²) in [6.07, 6.45) is 2.36. The predicted octanol–water partition coefficient (Wildman–Crippen LogP) is 5.23. The van der Waals surface area contributed by atoms with Gasteiger partial charge in [-0.1, -0.05) is 49.2 Å². The minimum absolute atomic E-state index is 0.808. The first-order valence-electron chi connectivity index (χ1n) is 8.81. The third kappa shape index (κ3) is 3.40. The maximum absolute atomic E-state index is 4.95. The molecule has 0 aliphatic carbocycles. The Hall–Kier alpha value is -2.42. The fourth-order valence-corrected chi connectivity index (χ4v) is 2.98. The average molecular weight is 319 g/mol. The van der Waals surface area contributed by atoms with Crippen LogP contribution in [-0.4, -0.2) is 23.1 Å². The molecule has 0 saturated heterocycles. The lowest BCUT2D eigenvalue weighted by molar-refractivity contribution is 0.726. The normalized spacial score (nSPS) is 11.0. The molecule has 0 saturated carbocycles. The molecule has 0 aliphatic heterocycles. The quantitative estimate of drug-likeness (QED) is 0.623. The summed E-state index contributed by atoms with van der Waals surface area (Å²) in [5.41, 5.74) is 3.31. The summed E-state index contributed by atoms with van der Waals surface area (Å²) in [7, 11) is 0. The first-order valence-corrected chi connectivity index (χ1v) is 8.81. The van der Waals surface area contributed by atoms with E-state index in [2.05, 4.69) is 68.1 Å². The summed E-state index contributed by atoms with van der Waals surface area (Å²) in [4.78, 5) is 12.1. The van der Waals surface area contributed by atoms with Gasteiger partial charge < -0.3 is 4.90 Å². The molecule has 0 amide bonds. The molecule has 0 radical (unpaired) electrons. The first kappa shape index (κ1) is 16.4. The number of benzene rings is 2. The Morgan fingerprint density at radius 2 is 1.79 bits per heavy atom. The Bertz CT molecular complexity index is 826. The van der Waals surface area contributed by atoms with Gasteiger partial charge in [-0.15, -0.1) is 0 Å². The molecule has 2 aromatic carbocycles. The van der Waals surface area contributed by atoms with E-state index >= 15 is 0 Å². The van der Waals surface area contributed by atoms with Gasteiger partial charge >= 0.3 is 0 Å². The second-order valence-electron chi connectivity index (χ2n) is 6.19. The summed E-state index contributed by atoms with van der Waals surface area (Å²) in [5, 5.41) is 1.13. The van der Waals surface area contributed by atoms with Gasteiger partial charge in [0, 0.05) is 24.0 Å². The monoisotopic (exact) mass is 319 g/mol. The second kappa shape index (κ2) is 7.43. The van der Waals surface area contributed by atoms with Crippen LogP contribution in [0.15, 0.2) is 48.5 Å². The second-order valence-corrected chi connectivity index (χ2v) is 6.19. The molecule has 124 valence electrons. The van der Waals surface area contributed by atoms with Crippen LogP contribution >= 0.6 is 0 Å². The standard InChI is InChI=1S/C21H25N3/c1-4-6-14-24(5-2)21-18-12-7-8-13-19(18)22-20(23-21)17-11-9-10-16(3)15-17/h7-13,15H,4-6,14H2,1-3H3. The van der Waals surface area contributed by atoms with Gasteiger partial charge in [-0.3, -0.25) is 0 Å². The molecule has 1 aromatic heterocycles. The van der Waals surface area contributed by atoms with Crippen molar-refractivity contribution in [2.45, 2.75) is 33.6 Å². The maximum atomic E-state index is 4.95. The van der Waals surface area contributed by atoms with E-state index in [1.165, 1.54) is 18.4 Å². The maximum Gasteiger partial charge on any atom is 0.162 e. The fourth-order valence-electron chi connectivity index (χ4n) is 2.98. The number of aromatic nitrogens is 2. The number of fused-ring (bicyclic) bond motifs is 1. The van der Waals surface area contributed by atoms with Gasteiger partial charge in [0.1, 0.15) is 5.82 Å². The van der Waals surface area contributed by atoms with E-state index in [9.17, 15) is 0 Å². The topological polar surface area (TPSA) is 29.0 Å². The highest BCUT2D eigenvalue weighted by atomic mass is 15.2. The number of unbranched alkanes of at least 4 members (excludes halogenated alkanes) is 1. The van der Waals surface area contributed by atoms with Gasteiger partial charge in [0.25, 0.3) is 0 Å². The first-order chi connectivity index (χ1) is 11.7. The number of hydrogen-bond donors (Lipinski definition) is 0. The van der Waals surface area contributed by atoms with Gasteiger partial charge in [0.15, 0.2) is 5.82 Å². The molecule has 0 atom stereocenters. The molecule has 0 N–H and O–H groups in total. The van der Waals surface area contributed by atoms with Crippen molar-refractivity contribution in [3.8, 4) is 11.4 Å². The van der Waals surface area contributed by atoms with Crippen LogP contribution in [0.1, 0.15) is 32.3 Å². The third-order valence-corrected chi connectivity index (χ3v) is 4.32. The average Bonchev–Trinajstić information content (AvgIpc) is 2.62. The van der Waals surface area contributed by atoms with Crippen LogP contribution in [0.3, 0.4) is 0 Å². The number of aryl methyl sites for hydroxylation is 1. The molecule has 0 bridgehead atoms. The van der Waals surface area contributed by atoms with E-state index in [4.69, 9.17) is 9.97 Å². The highest BCUT2D eigenvalue weighted by Crippen LogP contribution is 2.28. The van der Waals surface area contributed by atoms with Crippen molar-refractivity contribution >= 4 is 16.7 Å². The molecule has 3 nitrogen and oxygen atoms in total. The minimum Gasteiger partial charge on any atom is -0.356 e. The summed E-state index contributed by atoms with van der Waals surface area (Å²) < 4.78 is 0. The van der Waals surface area contributed by atoms with Gasteiger partial charge in [-0.25, -0.2) is 9.97 Å². The molecule has 3 aromatic rings. The van der Waals surface area contributed by atoms with Crippen LogP contribution in [0.5, 0.6) is 0 Å². The fraction of sp³-hybridized carbons (Fsp3) is 0.333. The number of hydrogen-bond acceptors (Lipinski definition) is 3. The molecule has 3 rings (SSSR count). The molecule has 0 unspecified atom stereocenters. The smallest absolute Gasteiger partial charge is 0.162 e. The van der Waals surface area contributed by atoms with Gasteiger partial charge in [0.05, 0.1) is 5.52 Å². The van der Waals surface area contributed by atoms with Crippen molar-refractivity contribution in [3.05, 3.63) is 54.1 Å². The summed E-state index contributed by atoms with van der Waals surface area (Å²) in [6.45, 7) is 8.50. The highest BCUT2D eigenvalue weighted by molar-refractivity contribution is 5.91. The zero-order chi connectivity index (χ0) is 16.9. The lowest BCUT2D eigenvalue weighted by atomic mass is 10.1. The van der Waals surface area contributed by atoms with E-state index in [-0.39, 0.29) is 0 Å². The van der Waals surface area contributed by atoms with Gasteiger partial charge in [0.2, 0.25) is 0 Å². The van der Waals surface area contributed by atoms with E-state index in [1.54, 1.807) is 0 Å². The number of anilines is 1. The molecule has 0 spiro atoms. The van der Waals surface area contributed by atoms with Crippen LogP contribution < -0.4 is 4.90 Å². The lowest BCUT2D eigenvalue weighted by Gasteiger charge is -2.23. The third-order valence-electron chi connectivity index (χ3n) is 4.32. The largest absolute Gasteiger partial charge is 0.356 e. The van der Waals surface area contributed by atoms with E-state index in [1.807, 2.05) is 6.07 Å². The number of rotatable bonds is 6. The van der Waals surface area contributed by atoms with Crippen LogP contribution in [-0.2, 0) is 0 Å². The number of nitrogens with zero attached hydrogens (tertiary/aromatic N) is 3. The van der Waals surface area contributed by atoms with Crippen LogP contribution in [0.2, 0.25) is 0 Å². The van der Waals surface area contributed by atoms with Crippen molar-refractivity contribution in [2.75, 3.05) is 18.0 Å². The summed E-state index contributed by atoms with van der Waals surface area (Å²) in [6, 6.07) is 16.7. The van der Waals surface area contributed by atoms with Crippen LogP contribution in [0.4, 0.5) is 5.82 Å². The molecule has 0 aliphatic rings. The Morgan fingerprint density at radius 1 is 0.958 bits per heavy atom. The van der Waals surface area contributed by atoms with E-state index in [0.717, 1.165) is 41.2 Å². The lowest BCUT2D eigenvalue weighted by Crippen LogP contribution is -2.25. The number of para-hydroxylation sites is 1. The van der Waals surface area contributed by atoms with Crippen molar-refractivity contribution in [3.63, 3.8) is 0 Å². The molecule has 1 heterocycles. The highest BCUT2D eigenvalue weighted by Gasteiger charge is 2.14. The summed E-state index contributed by atoms with van der Waals surface area (Å²) in [5.74, 6) is 1.86. The van der Waals surface area contributed by atoms with Gasteiger partial charge in [-0.05, 0) is 38.5 Å². The van der Waals surface area contributed by atoms with E-state index in [0.29, 0.717) is 0 Å². The van der Waals surface area contributed by atoms with Crippen molar-refractivity contribution < 1.29 is 0 Å². The minimum atomic E-state index is 0.808. The Kier molecular flexibility index (Phi) is 5.09. The van der Waals surface area contributed by atoms with E-state index < -0.39 is 0 Å². The van der Waals surface area contributed by atoms with Crippen LogP contribution in [0, 0.1) is 6.92 Å². The SMILES string of the molecule is CCCCN(CC)c1nc(-c2cccc(C)c2)nc2ccccc12. The Balaban J connectivity index is 2.15. The Morgan fingerprint density at radius 3 is 2.54 bits per heavy atom. The van der Waals surface area contributed by atoms with Crippen molar-refractivity contribution in [1.29, 1.82) is 0 Å². The molecule has 24 heavy (non-hydrogen) atoms. The summed E-state index contributed by atoms with van der Waals surface area (Å²) >= 11 is 0. The molecule has 0 fully saturated rings. The van der Waals surface area contributed by atoms with Crippen molar-refractivity contribution in [1.82, 2.24) is 9.97 Å². The predicted molar refractivity (Wildman–Crippen MR) is 103 cm³/mol. The molecule has 3 heteroatoms. The zero-order valence-electron chi connectivity index (χ0n) is 14.8. The molecular formula is C21H25N3. The van der Waals surface area contributed by atoms with Gasteiger partial charge in [-0.2, -0.15) is 0 Å². The Labute approximate surface area is 144 Å². The van der Waals surface area contributed by atoms with Crippen molar-refractivity contribution in [2.24, 2.45) is 0 Å². The van der Waals surface area contributed by atoms with Crippen LogP contribution in [0.25, 0.3) is 22.3 Å². The molecular weight excluding hydrogens is 294 g/mol. The zero-order valence-corrected chi connectivity index (χ0v) is 14.8.